The van der Waals surface area contributed by atoms with Crippen LogP contribution in [0.5, 0.6) is 0 Å². The van der Waals surface area contributed by atoms with Crippen LogP contribution in [-0.2, 0) is 36.2 Å². The first-order chi connectivity index (χ1) is 8.22. The number of aliphatic hydroxyl groups is 4. The van der Waals surface area contributed by atoms with Gasteiger partial charge in [-0.25, -0.2) is 4.79 Å². The Kier molecular flexibility index (Phi) is 32.9. The second-order valence-corrected chi connectivity index (χ2v) is 3.15. The van der Waals surface area contributed by atoms with Gasteiger partial charge >= 0.3 is 82.2 Å². The Morgan fingerprint density at radius 3 is 1.78 bits per heavy atom. The molecular weight excluding hydrogens is 433 g/mol. The van der Waals surface area contributed by atoms with Crippen LogP contribution in [0, 0.1) is 0 Å². The maximum absolute atomic E-state index is 10.5. The number of ether oxygens (including phenoxy) is 1. The zero-order valence-corrected chi connectivity index (χ0v) is 18.7. The second kappa shape index (κ2) is 19.3. The second-order valence-electron chi connectivity index (χ2n) is 3.15. The number of halogens is 2. The number of carboxylic acids is 1. The summed E-state index contributed by atoms with van der Waals surface area (Å²) in [5.74, 6) is -5.34. The van der Waals surface area contributed by atoms with Crippen LogP contribution in [0.2, 0.25) is 0 Å². The Hall–Kier alpha value is 0.969. The Balaban J connectivity index is -0.0000000589. The van der Waals surface area contributed by atoms with Gasteiger partial charge in [-0.15, -0.1) is 0 Å². The fraction of sp³-hybridized carbons (Fsp3) is 0.444. The predicted molar refractivity (Wildman–Crippen MR) is 50.9 cm³/mol. The van der Waals surface area contributed by atoms with E-state index in [9.17, 15) is 19.5 Å². The number of esters is 1. The molecule has 0 amide bonds. The van der Waals surface area contributed by atoms with E-state index in [2.05, 4.69) is 4.74 Å². The molecule has 0 radical (unpaired) electrons. The van der Waals surface area contributed by atoms with Crippen molar-refractivity contribution >= 4 is 17.7 Å². The van der Waals surface area contributed by atoms with Crippen LogP contribution in [0.3, 0.4) is 0 Å². The van der Waals surface area contributed by atoms with Crippen LogP contribution in [0.4, 0.5) is 0 Å². The van der Waals surface area contributed by atoms with Crippen LogP contribution in [0.25, 0.3) is 0 Å². The van der Waals surface area contributed by atoms with Crippen LogP contribution >= 0.6 is 0 Å². The van der Waals surface area contributed by atoms with E-state index in [-0.39, 0.29) is 101 Å². The molecule has 0 bridgehead atoms. The number of carbonyl (C=O) groups excluding carboxylic acids is 3. The topological polar surface area (TPSA) is 164 Å². The fourth-order valence-corrected chi connectivity index (χ4v) is 0.823. The van der Waals surface area contributed by atoms with Crippen molar-refractivity contribution in [2.24, 2.45) is 0 Å². The van der Waals surface area contributed by atoms with Crippen LogP contribution in [0.15, 0.2) is 11.5 Å². The Bertz CT molecular complexity index is 396. The van der Waals surface area contributed by atoms with Gasteiger partial charge < -0.3 is 59.9 Å². The van der Waals surface area contributed by atoms with Gasteiger partial charge in [0.15, 0.2) is 17.6 Å². The Morgan fingerprint density at radius 2 is 1.61 bits per heavy atom. The summed E-state index contributed by atoms with van der Waals surface area (Å²) in [5.41, 5.74) is 0. The van der Waals surface area contributed by atoms with Gasteiger partial charge in [-0.3, -0.25) is 4.79 Å². The molecule has 2 atom stereocenters. The van der Waals surface area contributed by atoms with Gasteiger partial charge in [-0.1, -0.05) is 0 Å². The summed E-state index contributed by atoms with van der Waals surface area (Å²) in [7, 11) is 0. The average molecular weight is 444 g/mol. The summed E-state index contributed by atoms with van der Waals surface area (Å²) in [6.45, 7) is 0.268. The summed E-state index contributed by atoms with van der Waals surface area (Å²) in [6, 6.07) is 0. The summed E-state index contributed by atoms with van der Waals surface area (Å²) in [4.78, 5) is 29.3. The molecule has 0 aromatic carbocycles. The normalized spacial score (nSPS) is 15.4. The molecule has 4 N–H and O–H groups in total. The van der Waals surface area contributed by atoms with Crippen molar-refractivity contribution in [1.82, 2.24) is 0 Å². The first kappa shape index (κ1) is 39.2. The van der Waals surface area contributed by atoms with E-state index in [4.69, 9.17) is 20.4 Å². The number of aliphatic hydroxyl groups excluding tert-OH is 4. The van der Waals surface area contributed by atoms with Gasteiger partial charge in [-0.2, -0.15) is 0 Å². The molecule has 1 heterocycles. The van der Waals surface area contributed by atoms with Gasteiger partial charge in [0.1, 0.15) is 12.1 Å². The van der Waals surface area contributed by atoms with Crippen molar-refractivity contribution in [3.63, 3.8) is 0 Å². The fourth-order valence-electron chi connectivity index (χ4n) is 0.823. The molecule has 0 saturated carbocycles. The number of aliphatic carboxylic acids is 1. The Morgan fingerprint density at radius 1 is 1.26 bits per heavy atom. The largest absolute Gasteiger partial charge is 1.00 e. The van der Waals surface area contributed by atoms with E-state index in [0.717, 1.165) is 6.92 Å². The molecule has 0 aromatic heterocycles. The molecule has 1 aliphatic heterocycles. The molecule has 0 fully saturated rings. The minimum absolute atomic E-state index is 0. The first-order valence-corrected chi connectivity index (χ1v) is 4.56. The standard InChI is InChI=1S/C6H8O6.C3H4O3.2ClH.Cu.2Na/c7-1-2(8)5-3(9)4(10)6(11)12-5;1-2(4)3(5)6;;;;;/h2,5,7-10H,1H2;1H3,(H,5,6);2*1H;;;/q;;;;3*+1/p-3/t2-,5+;;;;;;/m0....../s1. The predicted octanol–water partition coefficient (Wildman–Crippen LogP) is -15.1. The van der Waals surface area contributed by atoms with Gasteiger partial charge in [0.25, 0.3) is 0 Å². The maximum Gasteiger partial charge on any atom is 1.00 e. The van der Waals surface area contributed by atoms with Crippen LogP contribution < -0.4 is 89.0 Å². The average Bonchev–Trinajstić information content (AvgIpc) is 2.56. The Labute approximate surface area is 198 Å². The number of cyclic esters (lactones) is 1. The first-order valence-electron chi connectivity index (χ1n) is 4.56. The monoisotopic (exact) mass is 442 g/mol. The van der Waals surface area contributed by atoms with Crippen molar-refractivity contribution in [2.75, 3.05) is 6.61 Å². The van der Waals surface area contributed by atoms with E-state index < -0.39 is 48.1 Å². The van der Waals surface area contributed by atoms with Crippen LogP contribution in [-0.4, -0.2) is 57.0 Å². The number of rotatable bonds is 3. The molecule has 0 spiro atoms. The molecule has 9 nitrogen and oxygen atoms in total. The minimum atomic E-state index is -1.63. The number of hydrogen-bond acceptors (Lipinski definition) is 9. The van der Waals surface area contributed by atoms with Gasteiger partial charge in [0, 0.05) is 6.92 Å². The SMILES string of the molecule is CC(=O)C(=O)[O-].O=C1O[C@H]([C@@H](O)CO)C(O)=C1O.[Cl-].[Cl-].[Cu+].[Na+].[Na+]. The molecule has 0 unspecified atom stereocenters. The smallest absolute Gasteiger partial charge is 1.00 e. The van der Waals surface area contributed by atoms with E-state index in [1.54, 1.807) is 0 Å². The van der Waals surface area contributed by atoms with E-state index in [1.165, 1.54) is 0 Å². The molecule has 128 valence electrons. The van der Waals surface area contributed by atoms with Gasteiger partial charge in [0.05, 0.1) is 6.61 Å². The summed E-state index contributed by atoms with van der Waals surface area (Å²) in [6.07, 6.45) is -2.78. The molecule has 1 rings (SSSR count). The number of carboxylic acid groups (broad SMARTS) is 1. The number of ketones is 1. The number of hydrogen-bond donors (Lipinski definition) is 4. The van der Waals surface area contributed by atoms with E-state index in [1.807, 2.05) is 0 Å². The summed E-state index contributed by atoms with van der Waals surface area (Å²) in [5, 5.41) is 44.3. The third-order valence-electron chi connectivity index (χ3n) is 1.76. The maximum atomic E-state index is 10.5. The van der Waals surface area contributed by atoms with Crippen LogP contribution in [0.1, 0.15) is 6.92 Å². The zero-order valence-electron chi connectivity index (χ0n) is 12.2. The van der Waals surface area contributed by atoms with Crippen molar-refractivity contribution in [2.45, 2.75) is 19.1 Å². The number of carbonyl (C=O) groups is 3. The summed E-state index contributed by atoms with van der Waals surface area (Å²) >= 11 is 0. The quantitative estimate of drug-likeness (QED) is 0.188. The van der Waals surface area contributed by atoms with Gasteiger partial charge in [0.2, 0.25) is 5.76 Å². The molecule has 1 aliphatic rings. The molecule has 0 saturated heterocycles. The molecule has 0 aromatic rings. The van der Waals surface area contributed by atoms with Crippen molar-refractivity contribution in [3.8, 4) is 0 Å². The molecule has 14 heteroatoms. The third kappa shape index (κ3) is 13.9. The van der Waals surface area contributed by atoms with Crippen molar-refractivity contribution in [3.05, 3.63) is 11.5 Å². The number of Topliss-reactive ketones (excluding diaryl/α,β-unsaturated/α-hetero) is 1. The third-order valence-corrected chi connectivity index (χ3v) is 1.76. The summed E-state index contributed by atoms with van der Waals surface area (Å²) < 4.78 is 4.32. The zero-order chi connectivity index (χ0) is 14.5. The van der Waals surface area contributed by atoms with E-state index >= 15 is 0 Å². The molecule has 0 aliphatic carbocycles. The molecular formula is C9H11Cl2CuNa2O9. The molecule has 23 heavy (non-hydrogen) atoms. The van der Waals surface area contributed by atoms with Crippen molar-refractivity contribution in [1.29, 1.82) is 0 Å². The van der Waals surface area contributed by atoms with Crippen molar-refractivity contribution < 1.29 is 146 Å². The van der Waals surface area contributed by atoms with Gasteiger partial charge in [-0.05, 0) is 0 Å². The minimum Gasteiger partial charge on any atom is -1.00 e. The van der Waals surface area contributed by atoms with E-state index in [0.29, 0.717) is 0 Å².